The molecule has 1 N–H and O–H groups in total. The van der Waals surface area contributed by atoms with Crippen molar-refractivity contribution in [3.8, 4) is 0 Å². The van der Waals surface area contributed by atoms with Crippen LogP contribution in [-0.4, -0.2) is 21.0 Å². The van der Waals surface area contributed by atoms with Crippen LogP contribution >= 0.6 is 0 Å². The number of carbonyl (C=O) groups is 1. The lowest BCUT2D eigenvalue weighted by Crippen LogP contribution is -2.30. The van der Waals surface area contributed by atoms with Crippen molar-refractivity contribution < 1.29 is 9.90 Å². The van der Waals surface area contributed by atoms with E-state index < -0.39 is 11.4 Å². The van der Waals surface area contributed by atoms with E-state index in [-0.39, 0.29) is 0 Å². The van der Waals surface area contributed by atoms with Gasteiger partial charge in [-0.05, 0) is 32.3 Å². The summed E-state index contributed by atoms with van der Waals surface area (Å²) in [5.74, 6) is -0.160. The third-order valence-electron chi connectivity index (χ3n) is 2.87. The maximum atomic E-state index is 11.1. The molecule has 2 rings (SSSR count). The Kier molecular flexibility index (Phi) is 1.80. The van der Waals surface area contributed by atoms with Crippen LogP contribution in [-0.2, 0) is 16.6 Å². The molecule has 1 atom stereocenters. The van der Waals surface area contributed by atoms with Crippen LogP contribution in [0.2, 0.25) is 0 Å². The summed E-state index contributed by atoms with van der Waals surface area (Å²) < 4.78 is 0. The second-order valence-corrected chi connectivity index (χ2v) is 3.93. The Hall–Kier alpha value is -1.45. The molecule has 0 bridgehead atoms. The zero-order chi connectivity index (χ0) is 10.3. The summed E-state index contributed by atoms with van der Waals surface area (Å²) in [6.45, 7) is 3.51. The Balaban J connectivity index is 2.58. The molecular weight excluding hydrogens is 180 g/mol. The van der Waals surface area contributed by atoms with Crippen molar-refractivity contribution in [2.24, 2.45) is 0 Å². The van der Waals surface area contributed by atoms with Crippen LogP contribution in [0.3, 0.4) is 0 Å². The van der Waals surface area contributed by atoms with Crippen molar-refractivity contribution in [1.29, 1.82) is 0 Å². The van der Waals surface area contributed by atoms with Gasteiger partial charge in [0.05, 0.1) is 5.69 Å². The van der Waals surface area contributed by atoms with E-state index in [1.807, 2.05) is 0 Å². The van der Waals surface area contributed by atoms with Crippen molar-refractivity contribution in [2.75, 3.05) is 0 Å². The Morgan fingerprint density at radius 1 is 1.64 bits per heavy atom. The highest BCUT2D eigenvalue weighted by atomic mass is 16.4. The lowest BCUT2D eigenvalue weighted by molar-refractivity contribution is -0.143. The van der Waals surface area contributed by atoms with Gasteiger partial charge in [-0.15, -0.1) is 0 Å². The first kappa shape index (κ1) is 9.12. The van der Waals surface area contributed by atoms with Crippen molar-refractivity contribution >= 4 is 5.97 Å². The lowest BCUT2D eigenvalue weighted by Gasteiger charge is -2.18. The fourth-order valence-electron chi connectivity index (χ4n) is 1.87. The second-order valence-electron chi connectivity index (χ2n) is 3.93. The number of nitrogens with zero attached hydrogens (tertiary/aromatic N) is 2. The Morgan fingerprint density at radius 2 is 2.36 bits per heavy atom. The minimum atomic E-state index is -0.816. The fourth-order valence-corrected chi connectivity index (χ4v) is 1.87. The van der Waals surface area contributed by atoms with Crippen LogP contribution < -0.4 is 0 Å². The molecule has 1 aromatic rings. The number of carboxylic acid groups (broad SMARTS) is 1. The molecule has 0 aromatic carbocycles. The average Bonchev–Trinajstić information content (AvgIpc) is 2.46. The van der Waals surface area contributed by atoms with E-state index in [1.54, 1.807) is 20.0 Å². The molecule has 1 aliphatic rings. The van der Waals surface area contributed by atoms with Gasteiger partial charge in [-0.1, -0.05) is 0 Å². The molecule has 0 spiro atoms. The summed E-state index contributed by atoms with van der Waals surface area (Å²) in [6.07, 6.45) is 3.13. The van der Waals surface area contributed by atoms with Gasteiger partial charge >= 0.3 is 5.97 Å². The molecule has 1 heterocycles. The maximum absolute atomic E-state index is 11.1. The average molecular weight is 192 g/mol. The molecular formula is C10H12N2O2. The highest BCUT2D eigenvalue weighted by Crippen LogP contribution is 2.37. The predicted octanol–water partition coefficient (Wildman–Crippen LogP) is 1.07. The second kappa shape index (κ2) is 2.77. The topological polar surface area (TPSA) is 63.1 Å². The number of aryl methyl sites for hydroxylation is 2. The van der Waals surface area contributed by atoms with Gasteiger partial charge < -0.3 is 5.11 Å². The molecule has 0 aliphatic heterocycles. The van der Waals surface area contributed by atoms with E-state index in [2.05, 4.69) is 9.97 Å². The van der Waals surface area contributed by atoms with Crippen LogP contribution in [0, 0.1) is 6.92 Å². The molecule has 0 saturated carbocycles. The molecule has 1 aliphatic carbocycles. The van der Waals surface area contributed by atoms with Crippen molar-refractivity contribution in [1.82, 2.24) is 9.97 Å². The Labute approximate surface area is 82.0 Å². The number of aliphatic carboxylic acids is 1. The van der Waals surface area contributed by atoms with Gasteiger partial charge in [0.25, 0.3) is 0 Å². The normalized spacial score (nSPS) is 24.7. The number of aromatic nitrogens is 2. The highest BCUT2D eigenvalue weighted by molar-refractivity contribution is 5.81. The molecule has 4 heteroatoms. The van der Waals surface area contributed by atoms with Gasteiger partial charge in [-0.2, -0.15) is 0 Å². The first-order valence-corrected chi connectivity index (χ1v) is 4.60. The quantitative estimate of drug-likeness (QED) is 0.723. The summed E-state index contributed by atoms with van der Waals surface area (Å²) in [5.41, 5.74) is 0.848. The van der Waals surface area contributed by atoms with Crippen LogP contribution in [0.15, 0.2) is 6.20 Å². The van der Waals surface area contributed by atoms with E-state index in [0.717, 1.165) is 12.0 Å². The molecule has 14 heavy (non-hydrogen) atoms. The van der Waals surface area contributed by atoms with Crippen LogP contribution in [0.25, 0.3) is 0 Å². The minimum absolute atomic E-state index is 0.621. The predicted molar refractivity (Wildman–Crippen MR) is 50.1 cm³/mol. The van der Waals surface area contributed by atoms with E-state index >= 15 is 0 Å². The van der Waals surface area contributed by atoms with Crippen LogP contribution in [0.1, 0.15) is 30.4 Å². The zero-order valence-corrected chi connectivity index (χ0v) is 8.24. The van der Waals surface area contributed by atoms with Crippen molar-refractivity contribution in [3.05, 3.63) is 23.3 Å². The number of hydrogen-bond donors (Lipinski definition) is 1. The number of rotatable bonds is 1. The SMILES string of the molecule is Cc1ncc2c(n1)C(C)(C(=O)O)CC2. The molecule has 1 aromatic heterocycles. The summed E-state index contributed by atoms with van der Waals surface area (Å²) in [4.78, 5) is 19.4. The molecule has 74 valence electrons. The molecule has 1 unspecified atom stereocenters. The van der Waals surface area contributed by atoms with Gasteiger partial charge in [0.15, 0.2) is 0 Å². The van der Waals surface area contributed by atoms with Gasteiger partial charge in [0.1, 0.15) is 11.2 Å². The molecule has 0 saturated heterocycles. The first-order chi connectivity index (χ1) is 6.54. The number of fused-ring (bicyclic) bond motifs is 1. The third kappa shape index (κ3) is 1.10. The summed E-state index contributed by atoms with van der Waals surface area (Å²) >= 11 is 0. The van der Waals surface area contributed by atoms with Crippen molar-refractivity contribution in [2.45, 2.75) is 32.1 Å². The first-order valence-electron chi connectivity index (χ1n) is 4.60. The maximum Gasteiger partial charge on any atom is 0.315 e. The smallest absolute Gasteiger partial charge is 0.315 e. The largest absolute Gasteiger partial charge is 0.481 e. The zero-order valence-electron chi connectivity index (χ0n) is 8.24. The van der Waals surface area contributed by atoms with Crippen molar-refractivity contribution in [3.63, 3.8) is 0 Å². The minimum Gasteiger partial charge on any atom is -0.481 e. The number of carboxylic acids is 1. The van der Waals surface area contributed by atoms with Crippen LogP contribution in [0.4, 0.5) is 0 Å². The van der Waals surface area contributed by atoms with Gasteiger partial charge in [-0.3, -0.25) is 4.79 Å². The Morgan fingerprint density at radius 3 is 3.00 bits per heavy atom. The van der Waals surface area contributed by atoms with E-state index in [1.165, 1.54) is 0 Å². The fraction of sp³-hybridized carbons (Fsp3) is 0.500. The summed E-state index contributed by atoms with van der Waals surface area (Å²) in [5, 5.41) is 9.15. The summed E-state index contributed by atoms with van der Waals surface area (Å²) in [6, 6.07) is 0. The molecule has 0 radical (unpaired) electrons. The van der Waals surface area contributed by atoms with Gasteiger partial charge in [0, 0.05) is 6.20 Å². The molecule has 0 fully saturated rings. The van der Waals surface area contributed by atoms with Gasteiger partial charge in [0.2, 0.25) is 0 Å². The molecule has 4 nitrogen and oxygen atoms in total. The Bertz CT molecular complexity index is 403. The van der Waals surface area contributed by atoms with Gasteiger partial charge in [-0.25, -0.2) is 9.97 Å². The van der Waals surface area contributed by atoms with E-state index in [9.17, 15) is 4.79 Å². The number of hydrogen-bond acceptors (Lipinski definition) is 3. The lowest BCUT2D eigenvalue weighted by atomic mass is 9.88. The summed E-state index contributed by atoms with van der Waals surface area (Å²) in [7, 11) is 0. The van der Waals surface area contributed by atoms with Crippen LogP contribution in [0.5, 0.6) is 0 Å². The third-order valence-corrected chi connectivity index (χ3v) is 2.87. The monoisotopic (exact) mass is 192 g/mol. The molecule has 0 amide bonds. The standard InChI is InChI=1S/C10H12N2O2/c1-6-11-5-7-3-4-10(2,9(13)14)8(7)12-6/h5H,3-4H2,1-2H3,(H,13,14). The highest BCUT2D eigenvalue weighted by Gasteiger charge is 2.42. The van der Waals surface area contributed by atoms with E-state index in [4.69, 9.17) is 5.11 Å². The van der Waals surface area contributed by atoms with E-state index in [0.29, 0.717) is 17.9 Å².